The van der Waals surface area contributed by atoms with E-state index >= 15 is 0 Å². The average molecular weight is 269 g/mol. The Morgan fingerprint density at radius 2 is 1.94 bits per heavy atom. The molecule has 0 fully saturated rings. The molecule has 0 aromatic rings. The van der Waals surface area contributed by atoms with Crippen molar-refractivity contribution in [1.29, 1.82) is 0 Å². The summed E-state index contributed by atoms with van der Waals surface area (Å²) in [6, 6.07) is 0. The fraction of sp³-hybridized carbons (Fsp3) is 0.778. The van der Waals surface area contributed by atoms with E-state index in [-0.39, 0.29) is 0 Å². The maximum Gasteiger partial charge on any atom is 0.159 e. The fourth-order valence-electron chi connectivity index (χ4n) is 0.769. The molecule has 0 aliphatic carbocycles. The monoisotopic (exact) mass is 269 g/mol. The highest BCUT2D eigenvalue weighted by atomic mass is 32.2. The zero-order valence-electron chi connectivity index (χ0n) is 9.48. The number of nitrogens with one attached hydrogen (secondary N) is 1. The largest absolute Gasteiger partial charge is 0.317 e. The predicted octanol–water partition coefficient (Wildman–Crippen LogP) is 0.143. The van der Waals surface area contributed by atoms with Crippen LogP contribution in [0.5, 0.6) is 0 Å². The zero-order chi connectivity index (χ0) is 12.2. The topological polar surface area (TPSA) is 64.6 Å². The molecule has 0 saturated heterocycles. The van der Waals surface area contributed by atoms with Gasteiger partial charge in [-0.15, -0.1) is 6.58 Å². The van der Waals surface area contributed by atoms with Crippen LogP contribution in [0.1, 0.15) is 6.42 Å². The van der Waals surface area contributed by atoms with Crippen LogP contribution in [-0.2, 0) is 30.5 Å². The van der Waals surface area contributed by atoms with Gasteiger partial charge in [-0.05, 0) is 13.5 Å². The van der Waals surface area contributed by atoms with Gasteiger partial charge < -0.3 is 5.32 Å². The van der Waals surface area contributed by atoms with Gasteiger partial charge in [0.15, 0.2) is 22.2 Å². The van der Waals surface area contributed by atoms with Crippen LogP contribution < -0.4 is 5.32 Å². The van der Waals surface area contributed by atoms with Gasteiger partial charge in [0, 0.05) is 6.54 Å². The van der Waals surface area contributed by atoms with Gasteiger partial charge in [0.1, 0.15) is 0 Å². The van der Waals surface area contributed by atoms with Gasteiger partial charge in [-0.3, -0.25) is 8.37 Å². The van der Waals surface area contributed by atoms with Gasteiger partial charge in [-0.2, -0.15) is 0 Å². The Bertz CT molecular complexity index is 236. The molecule has 2 unspecified atom stereocenters. The minimum absolute atomic E-state index is 0.321. The van der Waals surface area contributed by atoms with Crippen molar-refractivity contribution in [3.63, 3.8) is 0 Å². The Labute approximate surface area is 102 Å². The first-order chi connectivity index (χ1) is 7.70. The van der Waals surface area contributed by atoms with Crippen LogP contribution in [-0.4, -0.2) is 46.7 Å². The lowest BCUT2D eigenvalue weighted by atomic mass is 10.5. The van der Waals surface area contributed by atoms with Crippen molar-refractivity contribution in [3.05, 3.63) is 12.7 Å². The van der Waals surface area contributed by atoms with Crippen molar-refractivity contribution in [2.45, 2.75) is 6.42 Å². The molecule has 2 atom stereocenters. The molecule has 16 heavy (non-hydrogen) atoms. The maximum atomic E-state index is 11.2. The van der Waals surface area contributed by atoms with E-state index in [9.17, 15) is 8.42 Å². The Morgan fingerprint density at radius 3 is 2.56 bits per heavy atom. The number of likely N-dealkylation sites (N-methyl/N-ethyl adjacent to an activating group) is 1. The summed E-state index contributed by atoms with van der Waals surface area (Å²) in [5, 5.41) is 2.89. The molecule has 0 aliphatic rings. The molecule has 96 valence electrons. The summed E-state index contributed by atoms with van der Waals surface area (Å²) in [7, 11) is 1.80. The molecule has 0 aliphatic heterocycles. The van der Waals surface area contributed by atoms with Crippen LogP contribution in [0, 0.1) is 0 Å². The van der Waals surface area contributed by atoms with Crippen molar-refractivity contribution >= 4 is 22.2 Å². The number of hydrogen-bond acceptors (Lipinski definition) is 5. The molecule has 7 heteroatoms. The zero-order valence-corrected chi connectivity index (χ0v) is 11.1. The Hall–Kier alpha value is -0.0800. The summed E-state index contributed by atoms with van der Waals surface area (Å²) in [5.41, 5.74) is 0. The van der Waals surface area contributed by atoms with Crippen LogP contribution in [0.4, 0.5) is 0 Å². The quantitative estimate of drug-likeness (QED) is 0.427. The predicted molar refractivity (Wildman–Crippen MR) is 66.7 cm³/mol. The summed E-state index contributed by atoms with van der Waals surface area (Å²) in [6.45, 7) is 4.87. The molecule has 0 heterocycles. The van der Waals surface area contributed by atoms with Gasteiger partial charge >= 0.3 is 0 Å². The van der Waals surface area contributed by atoms with E-state index in [1.807, 2.05) is 0 Å². The lowest BCUT2D eigenvalue weighted by molar-refractivity contribution is 0.333. The lowest BCUT2D eigenvalue weighted by Gasteiger charge is -2.03. The fourth-order valence-corrected chi connectivity index (χ4v) is 2.10. The summed E-state index contributed by atoms with van der Waals surface area (Å²) >= 11 is -2.59. The molecular weight excluding hydrogens is 250 g/mol. The van der Waals surface area contributed by atoms with Crippen molar-refractivity contribution < 1.29 is 16.8 Å². The molecule has 0 amide bonds. The van der Waals surface area contributed by atoms with Crippen LogP contribution in [0.25, 0.3) is 0 Å². The Kier molecular flexibility index (Phi) is 11.3. The van der Waals surface area contributed by atoms with Crippen LogP contribution in [0.15, 0.2) is 12.7 Å². The third-order valence-corrected chi connectivity index (χ3v) is 3.48. The van der Waals surface area contributed by atoms with Gasteiger partial charge in [0.05, 0.1) is 24.7 Å². The van der Waals surface area contributed by atoms with Crippen molar-refractivity contribution in [2.24, 2.45) is 0 Å². The summed E-state index contributed by atoms with van der Waals surface area (Å²) in [6.07, 6.45) is 2.10. The van der Waals surface area contributed by atoms with E-state index in [0.29, 0.717) is 37.7 Å². The normalized spacial score (nSPS) is 14.6. The minimum Gasteiger partial charge on any atom is -0.317 e. The molecule has 0 saturated carbocycles. The van der Waals surface area contributed by atoms with Gasteiger partial charge in [-0.1, -0.05) is 6.08 Å². The van der Waals surface area contributed by atoms with E-state index in [2.05, 4.69) is 11.9 Å². The molecule has 0 radical (unpaired) electrons. The molecule has 0 rings (SSSR count). The van der Waals surface area contributed by atoms with Crippen LogP contribution in [0.2, 0.25) is 0 Å². The third-order valence-electron chi connectivity index (χ3n) is 1.49. The molecule has 5 nitrogen and oxygen atoms in total. The first kappa shape index (κ1) is 15.9. The molecule has 0 bridgehead atoms. The molecule has 0 aromatic heterocycles. The molecular formula is C9H19NO4S2. The van der Waals surface area contributed by atoms with Crippen molar-refractivity contribution in [3.8, 4) is 0 Å². The van der Waals surface area contributed by atoms with E-state index in [1.165, 1.54) is 6.08 Å². The third kappa shape index (κ3) is 10.4. The van der Waals surface area contributed by atoms with Gasteiger partial charge in [-0.25, -0.2) is 8.42 Å². The first-order valence-corrected chi connectivity index (χ1v) is 7.48. The highest BCUT2D eigenvalue weighted by Gasteiger charge is 2.01. The van der Waals surface area contributed by atoms with E-state index in [1.54, 1.807) is 7.05 Å². The molecule has 1 N–H and O–H groups in total. The highest BCUT2D eigenvalue weighted by molar-refractivity contribution is 7.80. The van der Waals surface area contributed by atoms with Crippen LogP contribution >= 0.6 is 0 Å². The minimum atomic E-state index is -1.31. The second-order valence-corrected chi connectivity index (χ2v) is 5.30. The van der Waals surface area contributed by atoms with Crippen LogP contribution in [0.3, 0.4) is 0 Å². The Balaban J connectivity index is 3.33. The summed E-state index contributed by atoms with van der Waals surface area (Å²) < 4.78 is 32.2. The second-order valence-electron chi connectivity index (χ2n) is 2.87. The standard InChI is InChI=1S/C9H19NO4S2/c1-3-8-15(11)13-6-4-9-16(12)14-7-5-10-2/h3,10H,1,4-9H2,2H3. The van der Waals surface area contributed by atoms with Gasteiger partial charge in [0.25, 0.3) is 0 Å². The first-order valence-electron chi connectivity index (χ1n) is 4.99. The SMILES string of the molecule is C=CCS(=O)OCCCS(=O)OCCNC. The van der Waals surface area contributed by atoms with Crippen molar-refractivity contribution in [1.82, 2.24) is 5.32 Å². The number of hydrogen-bond donors (Lipinski definition) is 1. The molecule has 0 aromatic carbocycles. The lowest BCUT2D eigenvalue weighted by Crippen LogP contribution is -2.16. The van der Waals surface area contributed by atoms with E-state index < -0.39 is 22.2 Å². The second kappa shape index (κ2) is 11.4. The summed E-state index contributed by atoms with van der Waals surface area (Å²) in [5.74, 6) is 0.719. The van der Waals surface area contributed by atoms with E-state index in [4.69, 9.17) is 8.37 Å². The molecule has 0 spiro atoms. The maximum absolute atomic E-state index is 11.2. The smallest absolute Gasteiger partial charge is 0.159 e. The number of rotatable bonds is 11. The Morgan fingerprint density at radius 1 is 1.25 bits per heavy atom. The van der Waals surface area contributed by atoms with E-state index in [0.717, 1.165) is 0 Å². The highest BCUT2D eigenvalue weighted by Crippen LogP contribution is 1.94. The van der Waals surface area contributed by atoms with Crippen molar-refractivity contribution in [2.75, 3.05) is 38.3 Å². The average Bonchev–Trinajstić information content (AvgIpc) is 2.25. The van der Waals surface area contributed by atoms with Gasteiger partial charge in [0.2, 0.25) is 0 Å². The summed E-state index contributed by atoms with van der Waals surface area (Å²) in [4.78, 5) is 0.